The second-order valence-electron chi connectivity index (χ2n) is 4.64. The van der Waals surface area contributed by atoms with Crippen LogP contribution in [-0.4, -0.2) is 19.3 Å². The van der Waals surface area contributed by atoms with Gasteiger partial charge in [-0.05, 0) is 28.7 Å². The number of fused-ring (bicyclic) bond motifs is 1. The maximum absolute atomic E-state index is 9.74. The van der Waals surface area contributed by atoms with Crippen molar-refractivity contribution in [1.82, 2.24) is 0 Å². The number of methoxy groups -OCH3 is 1. The van der Waals surface area contributed by atoms with E-state index in [1.807, 2.05) is 36.4 Å². The highest BCUT2D eigenvalue weighted by Crippen LogP contribution is 2.30. The van der Waals surface area contributed by atoms with Gasteiger partial charge in [-0.15, -0.1) is 0 Å². The minimum Gasteiger partial charge on any atom is -0.493 e. The predicted octanol–water partition coefficient (Wildman–Crippen LogP) is 1.49. The average molecular weight is 270 g/mol. The third kappa shape index (κ3) is 2.50. The largest absolute Gasteiger partial charge is 0.493 e. The number of rotatable bonds is 4. The highest BCUT2D eigenvalue weighted by atomic mass is 16.5. The van der Waals surface area contributed by atoms with Crippen molar-refractivity contribution in [2.75, 3.05) is 7.11 Å². The lowest BCUT2D eigenvalue weighted by Crippen LogP contribution is -2.28. The molecule has 0 bridgehead atoms. The second-order valence-corrected chi connectivity index (χ2v) is 4.64. The van der Waals surface area contributed by atoms with Gasteiger partial charge < -0.3 is 19.2 Å². The summed E-state index contributed by atoms with van der Waals surface area (Å²) >= 11 is 0. The summed E-state index contributed by atoms with van der Waals surface area (Å²) < 4.78 is 16.3. The van der Waals surface area contributed by atoms with Crippen LogP contribution in [0.25, 0.3) is 0 Å². The van der Waals surface area contributed by atoms with E-state index in [0.717, 1.165) is 16.6 Å². The van der Waals surface area contributed by atoms with Crippen LogP contribution in [0.2, 0.25) is 0 Å². The Hall–Kier alpha value is -1.98. The van der Waals surface area contributed by atoms with E-state index in [1.54, 1.807) is 13.2 Å². The Morgan fingerprint density at radius 3 is 2.75 bits per heavy atom. The molecule has 0 aromatic heterocycles. The van der Waals surface area contributed by atoms with Crippen molar-refractivity contribution in [3.63, 3.8) is 0 Å². The zero-order chi connectivity index (χ0) is 13.9. The summed E-state index contributed by atoms with van der Waals surface area (Å²) in [6.45, 7) is 0.846. The normalized spacial score (nSPS) is 13.2. The molecule has 0 aliphatic carbocycles. The molecular weight excluding hydrogens is 255 g/mol. The molecule has 102 valence electrons. The van der Waals surface area contributed by atoms with Gasteiger partial charge in [-0.3, -0.25) is 0 Å². The molecule has 4 nitrogen and oxygen atoms in total. The van der Waals surface area contributed by atoms with E-state index in [2.05, 4.69) is 0 Å². The fourth-order valence-electron chi connectivity index (χ4n) is 2.24. The van der Waals surface area contributed by atoms with Crippen LogP contribution >= 0.6 is 0 Å². The lowest BCUT2D eigenvalue weighted by atomic mass is 9.79. The van der Waals surface area contributed by atoms with Crippen LogP contribution < -0.4 is 14.9 Å². The number of benzene rings is 2. The Morgan fingerprint density at radius 2 is 2.00 bits per heavy atom. The third-order valence-electron chi connectivity index (χ3n) is 3.33. The van der Waals surface area contributed by atoms with E-state index in [-0.39, 0.29) is 0 Å². The van der Waals surface area contributed by atoms with Crippen molar-refractivity contribution >= 4 is 12.6 Å². The van der Waals surface area contributed by atoms with Gasteiger partial charge in [0.1, 0.15) is 6.61 Å². The minimum atomic E-state index is -0.880. The quantitative estimate of drug-likeness (QED) is 0.855. The first-order chi connectivity index (χ1) is 9.78. The fourth-order valence-corrected chi connectivity index (χ4v) is 2.24. The minimum absolute atomic E-state index is 0.395. The van der Waals surface area contributed by atoms with Crippen LogP contribution in [0.3, 0.4) is 0 Å². The molecule has 0 unspecified atom stereocenters. The molecule has 1 N–H and O–H groups in total. The van der Waals surface area contributed by atoms with Crippen LogP contribution in [0.15, 0.2) is 42.5 Å². The molecule has 0 saturated carbocycles. The monoisotopic (exact) mass is 270 g/mol. The standard InChI is InChI=1S/C15H15BO4/c1-18-14-7-12-10-20-16(17)13(12)8-15(14)19-9-11-5-3-2-4-6-11/h2-8,17H,9-10H2,1H3. The fraction of sp³-hybridized carbons (Fsp3) is 0.200. The van der Waals surface area contributed by atoms with E-state index in [0.29, 0.717) is 24.7 Å². The Morgan fingerprint density at radius 1 is 1.20 bits per heavy atom. The topological polar surface area (TPSA) is 47.9 Å². The molecular formula is C15H15BO4. The SMILES string of the molecule is COc1cc2c(cc1OCc1ccccc1)B(O)OC2. The Balaban J connectivity index is 1.83. The van der Waals surface area contributed by atoms with Crippen molar-refractivity contribution in [2.24, 2.45) is 0 Å². The first-order valence-corrected chi connectivity index (χ1v) is 6.45. The van der Waals surface area contributed by atoms with Crippen LogP contribution in [0.4, 0.5) is 0 Å². The summed E-state index contributed by atoms with van der Waals surface area (Å²) in [6.07, 6.45) is 0. The van der Waals surface area contributed by atoms with Gasteiger partial charge in [-0.25, -0.2) is 0 Å². The summed E-state index contributed by atoms with van der Waals surface area (Å²) in [5.74, 6) is 1.26. The number of ether oxygens (including phenoxy) is 2. The number of hydrogen-bond acceptors (Lipinski definition) is 4. The summed E-state index contributed by atoms with van der Waals surface area (Å²) in [5, 5.41) is 9.74. The van der Waals surface area contributed by atoms with Gasteiger partial charge in [0.25, 0.3) is 0 Å². The molecule has 0 spiro atoms. The molecule has 3 rings (SSSR count). The Kier molecular flexibility index (Phi) is 3.63. The van der Waals surface area contributed by atoms with E-state index in [9.17, 15) is 5.02 Å². The van der Waals surface area contributed by atoms with Crippen molar-refractivity contribution in [1.29, 1.82) is 0 Å². The smallest absolute Gasteiger partial charge is 0.491 e. The summed E-state index contributed by atoms with van der Waals surface area (Å²) in [7, 11) is 0.721. The van der Waals surface area contributed by atoms with Gasteiger partial charge >= 0.3 is 7.12 Å². The van der Waals surface area contributed by atoms with Gasteiger partial charge in [0.2, 0.25) is 0 Å². The summed E-state index contributed by atoms with van der Waals surface area (Å²) in [6, 6.07) is 13.5. The molecule has 2 aromatic rings. The highest BCUT2D eigenvalue weighted by Gasteiger charge is 2.29. The van der Waals surface area contributed by atoms with Crippen LogP contribution in [0.1, 0.15) is 11.1 Å². The van der Waals surface area contributed by atoms with Crippen LogP contribution in [0, 0.1) is 0 Å². The Labute approximate surface area is 118 Å². The molecule has 0 amide bonds. The molecule has 20 heavy (non-hydrogen) atoms. The molecule has 0 radical (unpaired) electrons. The van der Waals surface area contributed by atoms with E-state index in [4.69, 9.17) is 14.1 Å². The maximum atomic E-state index is 9.74. The average Bonchev–Trinajstić information content (AvgIpc) is 2.86. The molecule has 0 fully saturated rings. The highest BCUT2D eigenvalue weighted by molar-refractivity contribution is 6.61. The first kappa shape index (κ1) is 13.0. The number of hydrogen-bond donors (Lipinski definition) is 1. The lowest BCUT2D eigenvalue weighted by molar-refractivity contribution is 0.274. The molecule has 5 heteroatoms. The first-order valence-electron chi connectivity index (χ1n) is 6.45. The van der Waals surface area contributed by atoms with Crippen LogP contribution in [-0.2, 0) is 17.9 Å². The zero-order valence-corrected chi connectivity index (χ0v) is 11.2. The zero-order valence-electron chi connectivity index (χ0n) is 11.2. The van der Waals surface area contributed by atoms with Crippen LogP contribution in [0.5, 0.6) is 11.5 Å². The van der Waals surface area contributed by atoms with Gasteiger partial charge in [0.15, 0.2) is 11.5 Å². The predicted molar refractivity (Wildman–Crippen MR) is 76.2 cm³/mol. The van der Waals surface area contributed by atoms with E-state index >= 15 is 0 Å². The van der Waals surface area contributed by atoms with E-state index in [1.165, 1.54) is 0 Å². The molecule has 1 heterocycles. The van der Waals surface area contributed by atoms with Gasteiger partial charge in [0, 0.05) is 0 Å². The second kappa shape index (κ2) is 5.57. The third-order valence-corrected chi connectivity index (χ3v) is 3.33. The molecule has 0 atom stereocenters. The van der Waals surface area contributed by atoms with Gasteiger partial charge in [-0.1, -0.05) is 30.3 Å². The van der Waals surface area contributed by atoms with Crippen molar-refractivity contribution in [2.45, 2.75) is 13.2 Å². The van der Waals surface area contributed by atoms with Gasteiger partial charge in [0.05, 0.1) is 13.7 Å². The van der Waals surface area contributed by atoms with Gasteiger partial charge in [-0.2, -0.15) is 0 Å². The molecule has 0 saturated heterocycles. The van der Waals surface area contributed by atoms with Crippen molar-refractivity contribution < 1.29 is 19.2 Å². The lowest BCUT2D eigenvalue weighted by Gasteiger charge is -2.12. The van der Waals surface area contributed by atoms with E-state index < -0.39 is 7.12 Å². The Bertz CT molecular complexity index is 600. The van der Waals surface area contributed by atoms with Crippen molar-refractivity contribution in [3.05, 3.63) is 53.6 Å². The molecule has 1 aliphatic heterocycles. The summed E-state index contributed by atoms with van der Waals surface area (Å²) in [5.41, 5.74) is 2.75. The summed E-state index contributed by atoms with van der Waals surface area (Å²) in [4.78, 5) is 0. The van der Waals surface area contributed by atoms with Crippen molar-refractivity contribution in [3.8, 4) is 11.5 Å². The molecule has 2 aromatic carbocycles. The molecule has 1 aliphatic rings. The maximum Gasteiger partial charge on any atom is 0.491 e.